The largest absolute Gasteiger partial charge is 0.305 e. The van der Waals surface area contributed by atoms with Gasteiger partial charge in [-0.3, -0.25) is 9.78 Å². The van der Waals surface area contributed by atoms with E-state index in [1.54, 1.807) is 12.4 Å². The maximum atomic E-state index is 12.0. The molecule has 1 saturated carbocycles. The second kappa shape index (κ2) is 5.17. The number of carbonyl (C=O) groups is 1. The van der Waals surface area contributed by atoms with E-state index in [2.05, 4.69) is 20.4 Å². The molecule has 19 heavy (non-hydrogen) atoms. The van der Waals surface area contributed by atoms with Crippen LogP contribution >= 0.6 is 0 Å². The number of nitrogens with one attached hydrogen (secondary N) is 1. The van der Waals surface area contributed by atoms with Crippen LogP contribution in [0.5, 0.6) is 0 Å². The minimum Gasteiger partial charge on any atom is -0.305 e. The number of hydrogen-bond donors (Lipinski definition) is 1. The molecular formula is C13H15N5O. The van der Waals surface area contributed by atoms with Crippen LogP contribution in [-0.2, 0) is 0 Å². The van der Waals surface area contributed by atoms with Crippen molar-refractivity contribution in [1.82, 2.24) is 19.7 Å². The first-order valence-corrected chi connectivity index (χ1v) is 6.45. The zero-order valence-electron chi connectivity index (χ0n) is 10.5. The number of nitrogens with zero attached hydrogens (tertiary/aromatic N) is 4. The molecule has 2 aromatic rings. The number of aromatic nitrogens is 4. The van der Waals surface area contributed by atoms with Crippen LogP contribution in [0.3, 0.4) is 0 Å². The molecule has 1 fully saturated rings. The molecule has 1 amide bonds. The minimum absolute atomic E-state index is 0.257. The summed E-state index contributed by atoms with van der Waals surface area (Å²) >= 11 is 0. The van der Waals surface area contributed by atoms with E-state index in [4.69, 9.17) is 0 Å². The van der Waals surface area contributed by atoms with E-state index in [0.717, 1.165) is 18.7 Å². The van der Waals surface area contributed by atoms with Crippen molar-refractivity contribution in [3.63, 3.8) is 0 Å². The summed E-state index contributed by atoms with van der Waals surface area (Å²) in [7, 11) is 0. The summed E-state index contributed by atoms with van der Waals surface area (Å²) in [6, 6.07) is 2.21. The van der Waals surface area contributed by atoms with Crippen molar-refractivity contribution >= 4 is 11.7 Å². The second-order valence-electron chi connectivity index (χ2n) is 4.64. The molecule has 3 rings (SSSR count). The van der Waals surface area contributed by atoms with Crippen LogP contribution in [0.15, 0.2) is 30.9 Å². The Hall–Kier alpha value is -2.24. The third-order valence-electron chi connectivity index (χ3n) is 3.38. The normalized spacial score (nSPS) is 15.6. The number of rotatable bonds is 3. The first kappa shape index (κ1) is 11.8. The molecule has 1 aliphatic rings. The fourth-order valence-corrected chi connectivity index (χ4v) is 2.45. The molecule has 1 aliphatic carbocycles. The summed E-state index contributed by atoms with van der Waals surface area (Å²) in [5, 5.41) is 7.15. The lowest BCUT2D eigenvalue weighted by molar-refractivity contribution is 0.102. The quantitative estimate of drug-likeness (QED) is 0.913. The molecule has 0 unspecified atom stereocenters. The molecule has 0 spiro atoms. The van der Waals surface area contributed by atoms with E-state index in [0.29, 0.717) is 11.7 Å². The van der Waals surface area contributed by atoms with E-state index in [1.165, 1.54) is 25.2 Å². The molecule has 0 aromatic carbocycles. The second-order valence-corrected chi connectivity index (χ2v) is 4.64. The predicted octanol–water partition coefficient (Wildman–Crippen LogP) is 2.04. The van der Waals surface area contributed by atoms with Gasteiger partial charge >= 0.3 is 0 Å². The zero-order valence-corrected chi connectivity index (χ0v) is 10.5. The van der Waals surface area contributed by atoms with Gasteiger partial charge in [-0.1, -0.05) is 12.8 Å². The Morgan fingerprint density at radius 2 is 2.11 bits per heavy atom. The summed E-state index contributed by atoms with van der Waals surface area (Å²) in [6.45, 7) is 0. The van der Waals surface area contributed by atoms with Crippen LogP contribution in [0, 0.1) is 0 Å². The average molecular weight is 257 g/mol. The van der Waals surface area contributed by atoms with Crippen molar-refractivity contribution in [1.29, 1.82) is 0 Å². The van der Waals surface area contributed by atoms with Gasteiger partial charge in [0.2, 0.25) is 0 Å². The molecule has 2 aromatic heterocycles. The number of anilines is 1. The predicted molar refractivity (Wildman–Crippen MR) is 69.7 cm³/mol. The smallest absolute Gasteiger partial charge is 0.277 e. The van der Waals surface area contributed by atoms with Crippen LogP contribution in [0.1, 0.15) is 42.2 Å². The van der Waals surface area contributed by atoms with Gasteiger partial charge in [0.15, 0.2) is 0 Å². The first-order chi connectivity index (χ1) is 9.34. The van der Waals surface area contributed by atoms with Crippen LogP contribution in [-0.4, -0.2) is 25.7 Å². The molecule has 1 N–H and O–H groups in total. The summed E-state index contributed by atoms with van der Waals surface area (Å²) in [6.07, 6.45) is 10.9. The lowest BCUT2D eigenvalue weighted by Crippen LogP contribution is -2.18. The SMILES string of the molecule is O=C(Nc1ccnn1C1CCCC1)c1cnccn1. The Balaban J connectivity index is 1.77. The third-order valence-corrected chi connectivity index (χ3v) is 3.38. The van der Waals surface area contributed by atoms with E-state index >= 15 is 0 Å². The highest BCUT2D eigenvalue weighted by molar-refractivity contribution is 6.02. The standard InChI is InChI=1S/C13H15N5O/c19-13(11-9-14-7-8-15-11)17-12-5-6-16-18(12)10-3-1-2-4-10/h5-10H,1-4H2,(H,17,19). The minimum atomic E-state index is -0.257. The lowest BCUT2D eigenvalue weighted by Gasteiger charge is -2.14. The molecule has 0 saturated heterocycles. The molecular weight excluding hydrogens is 242 g/mol. The zero-order chi connectivity index (χ0) is 13.1. The highest BCUT2D eigenvalue weighted by Gasteiger charge is 2.20. The highest BCUT2D eigenvalue weighted by atomic mass is 16.2. The van der Waals surface area contributed by atoms with Gasteiger partial charge in [-0.2, -0.15) is 5.10 Å². The molecule has 6 heteroatoms. The molecule has 0 bridgehead atoms. The monoisotopic (exact) mass is 257 g/mol. The third kappa shape index (κ3) is 2.47. The maximum Gasteiger partial charge on any atom is 0.277 e. The van der Waals surface area contributed by atoms with E-state index < -0.39 is 0 Å². The lowest BCUT2D eigenvalue weighted by atomic mass is 10.2. The van der Waals surface area contributed by atoms with E-state index in [9.17, 15) is 4.79 Å². The van der Waals surface area contributed by atoms with Crippen molar-refractivity contribution < 1.29 is 4.79 Å². The van der Waals surface area contributed by atoms with Crippen molar-refractivity contribution in [2.45, 2.75) is 31.7 Å². The van der Waals surface area contributed by atoms with Crippen LogP contribution in [0.2, 0.25) is 0 Å². The number of carbonyl (C=O) groups excluding carboxylic acids is 1. The number of amides is 1. The van der Waals surface area contributed by atoms with Gasteiger partial charge in [0, 0.05) is 18.5 Å². The first-order valence-electron chi connectivity index (χ1n) is 6.45. The van der Waals surface area contributed by atoms with Crippen molar-refractivity contribution in [2.75, 3.05) is 5.32 Å². The van der Waals surface area contributed by atoms with E-state index in [1.807, 2.05) is 10.7 Å². The molecule has 2 heterocycles. The molecule has 98 valence electrons. The Bertz CT molecular complexity index is 559. The number of hydrogen-bond acceptors (Lipinski definition) is 4. The van der Waals surface area contributed by atoms with Crippen LogP contribution in [0.25, 0.3) is 0 Å². The van der Waals surface area contributed by atoms with Gasteiger partial charge in [-0.25, -0.2) is 9.67 Å². The van der Waals surface area contributed by atoms with Gasteiger partial charge in [0.1, 0.15) is 11.5 Å². The van der Waals surface area contributed by atoms with Crippen LogP contribution < -0.4 is 5.32 Å². The maximum absolute atomic E-state index is 12.0. The van der Waals surface area contributed by atoms with Gasteiger partial charge in [-0.05, 0) is 12.8 Å². The van der Waals surface area contributed by atoms with Gasteiger partial charge in [0.05, 0.1) is 18.4 Å². The summed E-state index contributed by atoms with van der Waals surface area (Å²) < 4.78 is 1.90. The Labute approximate surface area is 110 Å². The summed E-state index contributed by atoms with van der Waals surface area (Å²) in [4.78, 5) is 19.9. The van der Waals surface area contributed by atoms with Crippen molar-refractivity contribution in [2.24, 2.45) is 0 Å². The molecule has 0 radical (unpaired) electrons. The Kier molecular flexibility index (Phi) is 3.22. The fraction of sp³-hybridized carbons (Fsp3) is 0.385. The fourth-order valence-electron chi connectivity index (χ4n) is 2.45. The summed E-state index contributed by atoms with van der Waals surface area (Å²) in [5.74, 6) is 0.468. The molecule has 6 nitrogen and oxygen atoms in total. The Morgan fingerprint density at radius 1 is 1.26 bits per heavy atom. The van der Waals surface area contributed by atoms with Crippen molar-refractivity contribution in [3.05, 3.63) is 36.5 Å². The van der Waals surface area contributed by atoms with E-state index in [-0.39, 0.29) is 5.91 Å². The van der Waals surface area contributed by atoms with Gasteiger partial charge in [0.25, 0.3) is 5.91 Å². The average Bonchev–Trinajstić information content (AvgIpc) is 3.10. The topological polar surface area (TPSA) is 72.7 Å². The summed E-state index contributed by atoms with van der Waals surface area (Å²) in [5.41, 5.74) is 0.307. The van der Waals surface area contributed by atoms with Gasteiger partial charge < -0.3 is 5.32 Å². The molecule has 0 aliphatic heterocycles. The van der Waals surface area contributed by atoms with Crippen molar-refractivity contribution in [3.8, 4) is 0 Å². The highest BCUT2D eigenvalue weighted by Crippen LogP contribution is 2.31. The Morgan fingerprint density at radius 3 is 2.84 bits per heavy atom. The molecule has 0 atom stereocenters. The van der Waals surface area contributed by atoms with Gasteiger partial charge in [-0.15, -0.1) is 0 Å². The van der Waals surface area contributed by atoms with Crippen LogP contribution in [0.4, 0.5) is 5.82 Å².